The number of rotatable bonds is 4. The topological polar surface area (TPSA) is 29.1 Å². The van der Waals surface area contributed by atoms with Crippen LogP contribution in [-0.4, -0.2) is 11.7 Å². The fourth-order valence-corrected chi connectivity index (χ4v) is 2.17. The van der Waals surface area contributed by atoms with E-state index in [9.17, 15) is 18.0 Å². The Labute approximate surface area is 108 Å². The van der Waals surface area contributed by atoms with Crippen LogP contribution in [0.25, 0.3) is 0 Å². The molecule has 18 heavy (non-hydrogen) atoms. The maximum Gasteiger partial charge on any atom is 0.224 e. The molecular formula is C12H12F3NOS. The molecule has 1 aliphatic rings. The summed E-state index contributed by atoms with van der Waals surface area (Å²) in [5.74, 6) is -3.91. The van der Waals surface area contributed by atoms with Crippen LogP contribution in [0.1, 0.15) is 19.3 Å². The van der Waals surface area contributed by atoms with E-state index in [0.717, 1.165) is 25.0 Å². The summed E-state index contributed by atoms with van der Waals surface area (Å²) in [6.45, 7) is 0. The highest BCUT2D eigenvalue weighted by atomic mass is 32.1. The van der Waals surface area contributed by atoms with Crippen LogP contribution in [0.2, 0.25) is 0 Å². The van der Waals surface area contributed by atoms with E-state index < -0.39 is 17.5 Å². The summed E-state index contributed by atoms with van der Waals surface area (Å²) in [5.41, 5.74) is -0.156. The molecule has 0 radical (unpaired) electrons. The first-order chi connectivity index (χ1) is 8.46. The van der Waals surface area contributed by atoms with Crippen molar-refractivity contribution in [2.24, 2.45) is 5.41 Å². The van der Waals surface area contributed by atoms with E-state index in [4.69, 9.17) is 0 Å². The van der Waals surface area contributed by atoms with Gasteiger partial charge in [-0.3, -0.25) is 4.79 Å². The summed E-state index contributed by atoms with van der Waals surface area (Å²) >= 11 is 4.16. The largest absolute Gasteiger partial charge is 0.326 e. The van der Waals surface area contributed by atoms with Crippen LogP contribution < -0.4 is 5.32 Å². The van der Waals surface area contributed by atoms with Gasteiger partial charge in [-0.25, -0.2) is 13.2 Å². The van der Waals surface area contributed by atoms with E-state index in [2.05, 4.69) is 17.9 Å². The quantitative estimate of drug-likeness (QED) is 0.641. The molecular weight excluding hydrogens is 263 g/mol. The van der Waals surface area contributed by atoms with Crippen LogP contribution in [-0.2, 0) is 4.79 Å². The zero-order chi connectivity index (χ0) is 13.3. The molecule has 0 bridgehead atoms. The lowest BCUT2D eigenvalue weighted by atomic mass is 10.1. The van der Waals surface area contributed by atoms with E-state index in [0.29, 0.717) is 5.75 Å². The number of carbonyl (C=O) groups is 1. The van der Waals surface area contributed by atoms with Crippen molar-refractivity contribution in [3.8, 4) is 0 Å². The smallest absolute Gasteiger partial charge is 0.224 e. The van der Waals surface area contributed by atoms with Crippen LogP contribution >= 0.6 is 12.6 Å². The second-order valence-corrected chi connectivity index (χ2v) is 4.95. The molecule has 98 valence electrons. The molecule has 1 aliphatic carbocycles. The Morgan fingerprint density at radius 1 is 1.28 bits per heavy atom. The van der Waals surface area contributed by atoms with Crippen molar-refractivity contribution in [2.45, 2.75) is 19.3 Å². The monoisotopic (exact) mass is 275 g/mol. The molecule has 1 N–H and O–H groups in total. The van der Waals surface area contributed by atoms with Crippen molar-refractivity contribution in [3.63, 3.8) is 0 Å². The van der Waals surface area contributed by atoms with E-state index >= 15 is 0 Å². The lowest BCUT2D eigenvalue weighted by Crippen LogP contribution is -2.18. The minimum atomic E-state index is -1.54. The second-order valence-electron chi connectivity index (χ2n) is 4.64. The van der Waals surface area contributed by atoms with E-state index in [1.165, 1.54) is 0 Å². The predicted molar refractivity (Wildman–Crippen MR) is 65.1 cm³/mol. The number of amides is 1. The third-order valence-corrected chi connectivity index (χ3v) is 3.77. The number of hydrogen-bond acceptors (Lipinski definition) is 2. The summed E-state index contributed by atoms with van der Waals surface area (Å²) in [6.07, 6.45) is 2.11. The van der Waals surface area contributed by atoms with Gasteiger partial charge in [0.2, 0.25) is 5.91 Å². The lowest BCUT2D eigenvalue weighted by Gasteiger charge is -2.12. The second kappa shape index (κ2) is 4.84. The number of anilines is 1. The van der Waals surface area contributed by atoms with Crippen LogP contribution in [0.3, 0.4) is 0 Å². The summed E-state index contributed by atoms with van der Waals surface area (Å²) in [5, 5.41) is 2.36. The molecule has 0 aliphatic heterocycles. The Bertz CT molecular complexity index is 465. The van der Waals surface area contributed by atoms with Gasteiger partial charge in [-0.15, -0.1) is 0 Å². The molecule has 1 saturated carbocycles. The number of hydrogen-bond donors (Lipinski definition) is 2. The molecule has 1 fully saturated rings. The predicted octanol–water partition coefficient (Wildman–Crippen LogP) is 3.14. The van der Waals surface area contributed by atoms with Gasteiger partial charge >= 0.3 is 0 Å². The summed E-state index contributed by atoms with van der Waals surface area (Å²) < 4.78 is 38.6. The Hall–Kier alpha value is -1.17. The van der Waals surface area contributed by atoms with Crippen molar-refractivity contribution in [1.29, 1.82) is 0 Å². The molecule has 0 atom stereocenters. The minimum Gasteiger partial charge on any atom is -0.326 e. The number of halogens is 3. The van der Waals surface area contributed by atoms with Crippen LogP contribution in [0.15, 0.2) is 12.1 Å². The minimum absolute atomic E-state index is 0.0774. The fourth-order valence-electron chi connectivity index (χ4n) is 1.74. The van der Waals surface area contributed by atoms with Crippen LogP contribution in [0.5, 0.6) is 0 Å². The van der Waals surface area contributed by atoms with Gasteiger partial charge in [0, 0.05) is 24.2 Å². The summed E-state index contributed by atoms with van der Waals surface area (Å²) in [6, 6.07) is 1.52. The van der Waals surface area contributed by atoms with Gasteiger partial charge < -0.3 is 5.32 Å². The molecule has 1 aromatic rings. The maximum absolute atomic E-state index is 12.9. The third-order valence-electron chi connectivity index (χ3n) is 3.10. The van der Waals surface area contributed by atoms with Crippen molar-refractivity contribution in [1.82, 2.24) is 0 Å². The Morgan fingerprint density at radius 3 is 2.28 bits per heavy atom. The normalized spacial score (nSPS) is 16.4. The molecule has 0 heterocycles. The standard InChI is InChI=1S/C12H12F3NOS/c13-8-3-7(4-9(14)11(8)15)16-10(17)5-12(6-18)1-2-12/h3-4,18H,1-2,5-6H2,(H,16,17). The van der Waals surface area contributed by atoms with Crippen LogP contribution in [0.4, 0.5) is 18.9 Å². The van der Waals surface area contributed by atoms with Gasteiger partial charge in [0.25, 0.3) is 0 Å². The molecule has 6 heteroatoms. The molecule has 0 aromatic heterocycles. The highest BCUT2D eigenvalue weighted by Gasteiger charge is 2.42. The number of thiol groups is 1. The number of benzene rings is 1. The summed E-state index contributed by atoms with van der Waals surface area (Å²) in [4.78, 5) is 11.7. The van der Waals surface area contributed by atoms with Crippen molar-refractivity contribution in [3.05, 3.63) is 29.6 Å². The average Bonchev–Trinajstić information content (AvgIpc) is 3.06. The molecule has 0 saturated heterocycles. The van der Waals surface area contributed by atoms with Crippen molar-refractivity contribution in [2.75, 3.05) is 11.1 Å². The van der Waals surface area contributed by atoms with E-state index in [1.807, 2.05) is 0 Å². The van der Waals surface area contributed by atoms with Gasteiger partial charge in [0.1, 0.15) is 0 Å². The van der Waals surface area contributed by atoms with Gasteiger partial charge in [-0.1, -0.05) is 0 Å². The van der Waals surface area contributed by atoms with E-state index in [-0.39, 0.29) is 23.4 Å². The number of carbonyl (C=O) groups excluding carboxylic acids is 1. The molecule has 1 aromatic carbocycles. The Kier molecular flexibility index (Phi) is 3.56. The Morgan fingerprint density at radius 2 is 1.83 bits per heavy atom. The zero-order valence-corrected chi connectivity index (χ0v) is 10.4. The zero-order valence-electron chi connectivity index (χ0n) is 9.47. The SMILES string of the molecule is O=C(CC1(CS)CC1)Nc1cc(F)c(F)c(F)c1. The fraction of sp³-hybridized carbons (Fsp3) is 0.417. The molecule has 1 amide bonds. The van der Waals surface area contributed by atoms with Crippen LogP contribution in [0, 0.1) is 22.9 Å². The first-order valence-corrected chi connectivity index (χ1v) is 6.14. The lowest BCUT2D eigenvalue weighted by molar-refractivity contribution is -0.117. The van der Waals surface area contributed by atoms with Gasteiger partial charge in [-0.05, 0) is 24.0 Å². The maximum atomic E-state index is 12.9. The Balaban J connectivity index is 2.03. The molecule has 2 nitrogen and oxygen atoms in total. The van der Waals surface area contributed by atoms with Crippen molar-refractivity contribution >= 4 is 24.2 Å². The van der Waals surface area contributed by atoms with Gasteiger partial charge in [-0.2, -0.15) is 12.6 Å². The highest BCUT2D eigenvalue weighted by Crippen LogP contribution is 2.49. The van der Waals surface area contributed by atoms with E-state index in [1.54, 1.807) is 0 Å². The molecule has 0 unspecified atom stereocenters. The molecule has 0 spiro atoms. The van der Waals surface area contributed by atoms with Crippen molar-refractivity contribution < 1.29 is 18.0 Å². The first-order valence-electron chi connectivity index (χ1n) is 5.51. The van der Waals surface area contributed by atoms with Gasteiger partial charge in [0.05, 0.1) is 0 Å². The summed E-state index contributed by atoms with van der Waals surface area (Å²) in [7, 11) is 0. The number of nitrogens with one attached hydrogen (secondary N) is 1. The van der Waals surface area contributed by atoms with Gasteiger partial charge in [0.15, 0.2) is 17.5 Å². The molecule has 2 rings (SSSR count). The third kappa shape index (κ3) is 2.80. The average molecular weight is 275 g/mol. The first kappa shape index (κ1) is 13.3. The highest BCUT2D eigenvalue weighted by molar-refractivity contribution is 7.80.